The monoisotopic (exact) mass is 275 g/mol. The summed E-state index contributed by atoms with van der Waals surface area (Å²) in [6.07, 6.45) is 1.92. The number of Topliss-reactive ketones (excluding diaryl/α,β-unsaturated/α-hetero) is 1. The second-order valence-electron chi connectivity index (χ2n) is 4.32. The number of rotatable bonds is 5. The van der Waals surface area contributed by atoms with Crippen LogP contribution in [0.1, 0.15) is 28.8 Å². The van der Waals surface area contributed by atoms with E-state index >= 15 is 0 Å². The average Bonchev–Trinajstić information content (AvgIpc) is 2.39. The molecular weight excluding hydrogens is 263 g/mol. The SMILES string of the molecule is O=C(CCCc1[c]ccc(Cl)c1)c1ccc(F)cc1. The Kier molecular flexibility index (Phi) is 4.69. The van der Waals surface area contributed by atoms with Crippen molar-refractivity contribution in [2.24, 2.45) is 0 Å². The lowest BCUT2D eigenvalue weighted by molar-refractivity contribution is 0.0980. The Bertz CT molecular complexity index is 563. The Morgan fingerprint density at radius 2 is 1.95 bits per heavy atom. The molecule has 0 bridgehead atoms. The molecule has 0 fully saturated rings. The number of benzene rings is 2. The van der Waals surface area contributed by atoms with Crippen LogP contribution in [0, 0.1) is 11.9 Å². The van der Waals surface area contributed by atoms with Crippen molar-refractivity contribution >= 4 is 17.4 Å². The van der Waals surface area contributed by atoms with Crippen molar-refractivity contribution in [1.82, 2.24) is 0 Å². The van der Waals surface area contributed by atoms with E-state index in [0.29, 0.717) is 17.0 Å². The number of aryl methyl sites for hydroxylation is 1. The van der Waals surface area contributed by atoms with E-state index in [9.17, 15) is 9.18 Å². The number of carbonyl (C=O) groups is 1. The highest BCUT2D eigenvalue weighted by atomic mass is 35.5. The van der Waals surface area contributed by atoms with Crippen LogP contribution in [0.25, 0.3) is 0 Å². The molecule has 2 aromatic rings. The molecule has 1 radical (unpaired) electrons. The van der Waals surface area contributed by atoms with Crippen molar-refractivity contribution in [3.05, 3.63) is 70.5 Å². The highest BCUT2D eigenvalue weighted by molar-refractivity contribution is 6.30. The van der Waals surface area contributed by atoms with E-state index < -0.39 is 0 Å². The molecule has 0 unspecified atom stereocenters. The molecule has 97 valence electrons. The van der Waals surface area contributed by atoms with Crippen LogP contribution in [0.2, 0.25) is 5.02 Å². The number of carbonyl (C=O) groups excluding carboxylic acids is 1. The van der Waals surface area contributed by atoms with E-state index in [2.05, 4.69) is 6.07 Å². The summed E-state index contributed by atoms with van der Waals surface area (Å²) in [5, 5.41) is 0.679. The van der Waals surface area contributed by atoms with Gasteiger partial charge in [0.1, 0.15) is 5.82 Å². The highest BCUT2D eigenvalue weighted by Crippen LogP contribution is 2.14. The molecule has 0 spiro atoms. The fraction of sp³-hybridized carbons (Fsp3) is 0.188. The molecule has 0 amide bonds. The molecule has 0 heterocycles. The van der Waals surface area contributed by atoms with E-state index in [1.807, 2.05) is 6.07 Å². The number of hydrogen-bond acceptors (Lipinski definition) is 1. The van der Waals surface area contributed by atoms with Crippen molar-refractivity contribution in [3.8, 4) is 0 Å². The molecule has 0 atom stereocenters. The largest absolute Gasteiger partial charge is 0.294 e. The van der Waals surface area contributed by atoms with Gasteiger partial charge in [0.05, 0.1) is 0 Å². The van der Waals surface area contributed by atoms with Gasteiger partial charge in [-0.15, -0.1) is 0 Å². The predicted octanol–water partition coefficient (Wildman–Crippen LogP) is 4.48. The van der Waals surface area contributed by atoms with E-state index in [0.717, 1.165) is 18.4 Å². The van der Waals surface area contributed by atoms with E-state index in [4.69, 9.17) is 11.6 Å². The quantitative estimate of drug-likeness (QED) is 0.735. The molecule has 2 aromatic carbocycles. The van der Waals surface area contributed by atoms with Crippen LogP contribution in [0.3, 0.4) is 0 Å². The summed E-state index contributed by atoms with van der Waals surface area (Å²) >= 11 is 5.87. The minimum Gasteiger partial charge on any atom is -0.294 e. The number of hydrogen-bond donors (Lipinski definition) is 0. The summed E-state index contributed by atoms with van der Waals surface area (Å²) < 4.78 is 12.7. The zero-order valence-corrected chi connectivity index (χ0v) is 11.1. The van der Waals surface area contributed by atoms with Crippen molar-refractivity contribution in [1.29, 1.82) is 0 Å². The molecular formula is C16H13ClFO. The van der Waals surface area contributed by atoms with Crippen LogP contribution in [-0.2, 0) is 6.42 Å². The molecule has 0 aliphatic carbocycles. The molecule has 0 aliphatic rings. The van der Waals surface area contributed by atoms with E-state index in [1.54, 1.807) is 12.1 Å². The third kappa shape index (κ3) is 4.18. The van der Waals surface area contributed by atoms with Crippen LogP contribution in [0.5, 0.6) is 0 Å². The smallest absolute Gasteiger partial charge is 0.162 e. The van der Waals surface area contributed by atoms with Crippen molar-refractivity contribution < 1.29 is 9.18 Å². The van der Waals surface area contributed by atoms with Crippen LogP contribution >= 0.6 is 11.6 Å². The summed E-state index contributed by atoms with van der Waals surface area (Å²) in [6.45, 7) is 0. The van der Waals surface area contributed by atoms with Crippen LogP contribution in [0.15, 0.2) is 42.5 Å². The van der Waals surface area contributed by atoms with Gasteiger partial charge in [0, 0.05) is 17.0 Å². The molecule has 2 rings (SSSR count). The van der Waals surface area contributed by atoms with Gasteiger partial charge >= 0.3 is 0 Å². The summed E-state index contributed by atoms with van der Waals surface area (Å²) in [6, 6.07) is 14.1. The van der Waals surface area contributed by atoms with Gasteiger partial charge in [0.25, 0.3) is 0 Å². The zero-order valence-electron chi connectivity index (χ0n) is 10.3. The fourth-order valence-corrected chi connectivity index (χ4v) is 2.04. The van der Waals surface area contributed by atoms with Crippen LogP contribution in [0.4, 0.5) is 4.39 Å². The Morgan fingerprint density at radius 1 is 1.21 bits per heavy atom. The molecule has 0 aliphatic heterocycles. The lowest BCUT2D eigenvalue weighted by Crippen LogP contribution is -2.00. The predicted molar refractivity (Wildman–Crippen MR) is 74.0 cm³/mol. The van der Waals surface area contributed by atoms with E-state index in [1.165, 1.54) is 24.3 Å². The van der Waals surface area contributed by atoms with Gasteiger partial charge in [-0.2, -0.15) is 0 Å². The highest BCUT2D eigenvalue weighted by Gasteiger charge is 2.06. The maximum Gasteiger partial charge on any atom is 0.162 e. The van der Waals surface area contributed by atoms with Gasteiger partial charge in [-0.05, 0) is 60.9 Å². The summed E-state index contributed by atoms with van der Waals surface area (Å²) in [5.41, 5.74) is 1.55. The Balaban J connectivity index is 1.86. The molecule has 0 saturated carbocycles. The standard InChI is InChI=1S/C16H13ClFO/c17-14-5-1-3-12(11-14)4-2-6-16(19)13-7-9-15(18)10-8-13/h1,5,7-11H,2,4,6H2. The molecule has 1 nitrogen and oxygen atoms in total. The Morgan fingerprint density at radius 3 is 2.63 bits per heavy atom. The first-order valence-electron chi connectivity index (χ1n) is 6.10. The second-order valence-corrected chi connectivity index (χ2v) is 4.75. The molecule has 3 heteroatoms. The first-order valence-corrected chi connectivity index (χ1v) is 6.48. The maximum absolute atomic E-state index is 12.7. The maximum atomic E-state index is 12.7. The second kappa shape index (κ2) is 6.48. The Labute approximate surface area is 117 Å². The minimum atomic E-state index is -0.329. The first kappa shape index (κ1) is 13.8. The average molecular weight is 276 g/mol. The van der Waals surface area contributed by atoms with Crippen LogP contribution in [-0.4, -0.2) is 5.78 Å². The van der Waals surface area contributed by atoms with Gasteiger partial charge in [-0.1, -0.05) is 17.7 Å². The van der Waals surface area contributed by atoms with Crippen molar-refractivity contribution in [3.63, 3.8) is 0 Å². The summed E-state index contributed by atoms with van der Waals surface area (Å²) in [4.78, 5) is 11.9. The number of halogens is 2. The topological polar surface area (TPSA) is 17.1 Å². The van der Waals surface area contributed by atoms with Gasteiger partial charge in [0.15, 0.2) is 5.78 Å². The van der Waals surface area contributed by atoms with Gasteiger partial charge in [-0.25, -0.2) is 4.39 Å². The first-order chi connectivity index (χ1) is 9.15. The van der Waals surface area contributed by atoms with E-state index in [-0.39, 0.29) is 11.6 Å². The lowest BCUT2D eigenvalue weighted by Gasteiger charge is -2.02. The lowest BCUT2D eigenvalue weighted by atomic mass is 10.0. The number of ketones is 1. The molecule has 19 heavy (non-hydrogen) atoms. The third-order valence-corrected chi connectivity index (χ3v) is 3.07. The molecule has 0 saturated heterocycles. The van der Waals surface area contributed by atoms with Crippen LogP contribution < -0.4 is 0 Å². The normalized spacial score (nSPS) is 10.4. The fourth-order valence-electron chi connectivity index (χ4n) is 1.85. The third-order valence-electron chi connectivity index (χ3n) is 2.84. The van der Waals surface area contributed by atoms with Gasteiger partial charge in [0.2, 0.25) is 0 Å². The van der Waals surface area contributed by atoms with Crippen molar-refractivity contribution in [2.75, 3.05) is 0 Å². The zero-order chi connectivity index (χ0) is 13.7. The molecule has 0 aromatic heterocycles. The van der Waals surface area contributed by atoms with Crippen molar-refractivity contribution in [2.45, 2.75) is 19.3 Å². The minimum absolute atomic E-state index is 0.0297. The Hall–Kier alpha value is -1.67. The van der Waals surface area contributed by atoms with Gasteiger partial charge in [-0.3, -0.25) is 4.79 Å². The summed E-state index contributed by atoms with van der Waals surface area (Å²) in [5.74, 6) is -0.299. The molecule has 0 N–H and O–H groups in total. The van der Waals surface area contributed by atoms with Gasteiger partial charge < -0.3 is 0 Å². The summed E-state index contributed by atoms with van der Waals surface area (Å²) in [7, 11) is 0.